The standard InChI is InChI=1S/C17H18FN3O3/c1-19-4-3-5-21(7-6-19)15-9-14-11(8-13(15)18)16(22)12(17(23)24)10-20(14)2/h8-10H,2-7H2,1H3/p+1. The van der Waals surface area contributed by atoms with Crippen LogP contribution in [0.15, 0.2) is 23.9 Å². The van der Waals surface area contributed by atoms with Gasteiger partial charge in [0.2, 0.25) is 11.5 Å². The van der Waals surface area contributed by atoms with Crippen molar-refractivity contribution < 1.29 is 23.7 Å². The molecule has 0 radical (unpaired) electrons. The van der Waals surface area contributed by atoms with Crippen molar-refractivity contribution in [3.05, 3.63) is 35.3 Å². The van der Waals surface area contributed by atoms with Crippen LogP contribution in [0, 0.1) is 5.82 Å². The van der Waals surface area contributed by atoms with E-state index in [4.69, 9.17) is 5.11 Å². The number of ketones is 1. The lowest BCUT2D eigenvalue weighted by Crippen LogP contribution is -2.30. The molecule has 24 heavy (non-hydrogen) atoms. The van der Waals surface area contributed by atoms with E-state index < -0.39 is 23.1 Å². The predicted octanol–water partition coefficient (Wildman–Crippen LogP) is 1.48. The van der Waals surface area contributed by atoms with Crippen molar-refractivity contribution in [2.75, 3.05) is 38.1 Å². The van der Waals surface area contributed by atoms with Crippen molar-refractivity contribution in [3.63, 3.8) is 0 Å². The van der Waals surface area contributed by atoms with E-state index in [2.05, 4.69) is 11.6 Å². The molecular formula is C17H19FN3O3+. The molecule has 0 spiro atoms. The Morgan fingerprint density at radius 1 is 1.29 bits per heavy atom. The van der Waals surface area contributed by atoms with Gasteiger partial charge in [0.15, 0.2) is 11.8 Å². The van der Waals surface area contributed by atoms with Crippen molar-refractivity contribution in [2.24, 2.45) is 0 Å². The fourth-order valence-corrected chi connectivity index (χ4v) is 3.08. The van der Waals surface area contributed by atoms with Gasteiger partial charge in [-0.1, -0.05) is 0 Å². The summed E-state index contributed by atoms with van der Waals surface area (Å²) >= 11 is 0. The summed E-state index contributed by atoms with van der Waals surface area (Å²) in [5.41, 5.74) is 0.441. The molecule has 1 N–H and O–H groups in total. The summed E-state index contributed by atoms with van der Waals surface area (Å²) in [4.78, 5) is 27.5. The highest BCUT2D eigenvalue weighted by Gasteiger charge is 2.34. The maximum absolute atomic E-state index is 14.6. The Morgan fingerprint density at radius 2 is 2.04 bits per heavy atom. The van der Waals surface area contributed by atoms with Gasteiger partial charge in [-0.05, 0) is 26.1 Å². The van der Waals surface area contributed by atoms with Crippen LogP contribution < -0.4 is 4.90 Å². The third-order valence-corrected chi connectivity index (χ3v) is 4.44. The van der Waals surface area contributed by atoms with Crippen LogP contribution in [-0.2, 0) is 4.79 Å². The molecule has 2 aliphatic heterocycles. The molecule has 3 rings (SSSR count). The molecular weight excluding hydrogens is 313 g/mol. The van der Waals surface area contributed by atoms with Crippen LogP contribution in [0.25, 0.3) is 0 Å². The number of likely N-dealkylation sites (N-methyl/N-ethyl adjacent to an activating group) is 1. The van der Waals surface area contributed by atoms with E-state index in [1.165, 1.54) is 10.8 Å². The van der Waals surface area contributed by atoms with Crippen LogP contribution in [0.3, 0.4) is 0 Å². The number of nitrogens with zero attached hydrogens (tertiary/aromatic N) is 3. The molecule has 0 saturated carbocycles. The third-order valence-electron chi connectivity index (χ3n) is 4.44. The molecule has 0 amide bonds. The number of rotatable bonds is 2. The summed E-state index contributed by atoms with van der Waals surface area (Å²) in [6, 6.07) is 2.70. The summed E-state index contributed by atoms with van der Waals surface area (Å²) < 4.78 is 15.9. The number of fused-ring (bicyclic) bond motifs is 1. The van der Waals surface area contributed by atoms with Gasteiger partial charge in [0.1, 0.15) is 12.5 Å². The third kappa shape index (κ3) is 2.82. The number of carboxylic acid groups (broad SMARTS) is 1. The van der Waals surface area contributed by atoms with Gasteiger partial charge >= 0.3 is 5.97 Å². The first kappa shape index (κ1) is 16.3. The number of carboxylic acids is 1. The molecule has 1 aromatic rings. The summed E-state index contributed by atoms with van der Waals surface area (Å²) in [5, 5.41) is 9.09. The van der Waals surface area contributed by atoms with Crippen LogP contribution in [-0.4, -0.2) is 66.3 Å². The SMILES string of the molecule is C=[N+]1C=C(C(=O)O)C(=O)c2cc(F)c(N3CCCN(C)CC3)cc21. The fraction of sp³-hybridized carbons (Fsp3) is 0.353. The minimum absolute atomic E-state index is 0.0260. The van der Waals surface area contributed by atoms with Crippen LogP contribution in [0.1, 0.15) is 16.8 Å². The number of aliphatic carboxylic acids is 1. The summed E-state index contributed by atoms with van der Waals surface area (Å²) in [7, 11) is 2.03. The second-order valence-electron chi connectivity index (χ2n) is 6.11. The van der Waals surface area contributed by atoms with Crippen LogP contribution in [0.5, 0.6) is 0 Å². The molecule has 1 fully saturated rings. The Labute approximate surface area is 139 Å². The van der Waals surface area contributed by atoms with Crippen molar-refractivity contribution in [1.82, 2.24) is 4.90 Å². The van der Waals surface area contributed by atoms with Crippen LogP contribution >= 0.6 is 0 Å². The van der Waals surface area contributed by atoms with E-state index in [1.54, 1.807) is 6.07 Å². The Hall–Kier alpha value is -2.54. The number of benzene rings is 1. The topological polar surface area (TPSA) is 63.9 Å². The zero-order chi connectivity index (χ0) is 17.4. The highest BCUT2D eigenvalue weighted by molar-refractivity contribution is 6.25. The normalized spacial score (nSPS) is 18.9. The first-order valence-electron chi connectivity index (χ1n) is 7.75. The van der Waals surface area contributed by atoms with Gasteiger partial charge < -0.3 is 14.9 Å². The van der Waals surface area contributed by atoms with E-state index in [-0.39, 0.29) is 5.56 Å². The Balaban J connectivity index is 2.01. The van der Waals surface area contributed by atoms with E-state index in [0.29, 0.717) is 17.9 Å². The van der Waals surface area contributed by atoms with E-state index in [1.807, 2.05) is 11.9 Å². The zero-order valence-corrected chi connectivity index (χ0v) is 13.5. The lowest BCUT2D eigenvalue weighted by atomic mass is 9.98. The fourth-order valence-electron chi connectivity index (χ4n) is 3.08. The molecule has 0 aliphatic carbocycles. The van der Waals surface area contributed by atoms with E-state index >= 15 is 0 Å². The second kappa shape index (κ2) is 6.16. The zero-order valence-electron chi connectivity index (χ0n) is 13.5. The minimum Gasteiger partial charge on any atom is -0.477 e. The number of anilines is 1. The number of hydrogen-bond donors (Lipinski definition) is 1. The molecule has 1 aromatic carbocycles. The molecule has 2 heterocycles. The highest BCUT2D eigenvalue weighted by Crippen LogP contribution is 2.33. The number of halogens is 1. The average molecular weight is 332 g/mol. The number of carbonyl (C=O) groups is 2. The Morgan fingerprint density at radius 3 is 2.75 bits per heavy atom. The number of Topliss-reactive ketones (excluding diaryl/α,β-unsaturated/α-hetero) is 1. The first-order valence-corrected chi connectivity index (χ1v) is 7.75. The summed E-state index contributed by atoms with van der Waals surface area (Å²) in [5.74, 6) is -2.57. The minimum atomic E-state index is -1.35. The van der Waals surface area contributed by atoms with Crippen molar-refractivity contribution in [2.45, 2.75) is 6.42 Å². The molecule has 126 valence electrons. The molecule has 2 aliphatic rings. The van der Waals surface area contributed by atoms with Gasteiger partial charge in [-0.3, -0.25) is 4.79 Å². The second-order valence-corrected chi connectivity index (χ2v) is 6.11. The monoisotopic (exact) mass is 332 g/mol. The molecule has 0 atom stereocenters. The molecule has 7 heteroatoms. The van der Waals surface area contributed by atoms with E-state index in [9.17, 15) is 14.0 Å². The lowest BCUT2D eigenvalue weighted by Gasteiger charge is -2.24. The molecule has 0 bridgehead atoms. The molecule has 1 saturated heterocycles. The summed E-state index contributed by atoms with van der Waals surface area (Å²) in [6.45, 7) is 6.93. The van der Waals surface area contributed by atoms with Gasteiger partial charge in [0, 0.05) is 25.7 Å². The summed E-state index contributed by atoms with van der Waals surface area (Å²) in [6.07, 6.45) is 2.09. The lowest BCUT2D eigenvalue weighted by molar-refractivity contribution is -0.351. The largest absolute Gasteiger partial charge is 0.477 e. The van der Waals surface area contributed by atoms with Crippen molar-refractivity contribution >= 4 is 29.8 Å². The Bertz CT molecular complexity index is 773. The number of carbonyl (C=O) groups excluding carboxylic acids is 1. The van der Waals surface area contributed by atoms with Crippen LogP contribution in [0.4, 0.5) is 15.8 Å². The van der Waals surface area contributed by atoms with Crippen LogP contribution in [0.2, 0.25) is 0 Å². The quantitative estimate of drug-likeness (QED) is 0.656. The highest BCUT2D eigenvalue weighted by atomic mass is 19.1. The Kier molecular flexibility index (Phi) is 4.19. The average Bonchev–Trinajstić information content (AvgIpc) is 2.75. The smallest absolute Gasteiger partial charge is 0.345 e. The molecule has 6 nitrogen and oxygen atoms in total. The maximum atomic E-state index is 14.6. The molecule has 0 unspecified atom stereocenters. The van der Waals surface area contributed by atoms with Gasteiger partial charge in [-0.25, -0.2) is 9.18 Å². The van der Waals surface area contributed by atoms with Crippen molar-refractivity contribution in [1.29, 1.82) is 0 Å². The van der Waals surface area contributed by atoms with Crippen molar-refractivity contribution in [3.8, 4) is 0 Å². The van der Waals surface area contributed by atoms with Gasteiger partial charge in [0.05, 0.1) is 11.3 Å². The van der Waals surface area contributed by atoms with Gasteiger partial charge in [-0.15, -0.1) is 0 Å². The van der Waals surface area contributed by atoms with Gasteiger partial charge in [-0.2, -0.15) is 4.58 Å². The van der Waals surface area contributed by atoms with Gasteiger partial charge in [0.25, 0.3) is 0 Å². The number of hydrogen-bond acceptors (Lipinski definition) is 4. The van der Waals surface area contributed by atoms with E-state index in [0.717, 1.165) is 32.1 Å². The predicted molar refractivity (Wildman–Crippen MR) is 87.8 cm³/mol. The first-order chi connectivity index (χ1) is 11.4. The maximum Gasteiger partial charge on any atom is 0.345 e. The molecule has 0 aromatic heterocycles.